The molecule has 0 saturated carbocycles. The molecule has 0 saturated heterocycles. The Balaban J connectivity index is 2.01. The second kappa shape index (κ2) is 9.03. The van der Waals surface area contributed by atoms with Gasteiger partial charge in [0.25, 0.3) is 5.69 Å². The first-order valence-electron chi connectivity index (χ1n) is 8.79. The van der Waals surface area contributed by atoms with Crippen molar-refractivity contribution in [1.29, 1.82) is 0 Å². The van der Waals surface area contributed by atoms with Crippen molar-refractivity contribution in [1.82, 2.24) is 4.31 Å². The summed E-state index contributed by atoms with van der Waals surface area (Å²) in [6, 6.07) is 9.72. The molecule has 0 bridgehead atoms. The number of nitro groups is 1. The van der Waals surface area contributed by atoms with Gasteiger partial charge in [-0.2, -0.15) is 0 Å². The van der Waals surface area contributed by atoms with E-state index in [1.165, 1.54) is 23.5 Å². The van der Waals surface area contributed by atoms with Crippen molar-refractivity contribution < 1.29 is 18.1 Å². The fourth-order valence-corrected chi connectivity index (χ4v) is 4.06. The molecule has 0 aliphatic heterocycles. The van der Waals surface area contributed by atoms with Gasteiger partial charge in [0.2, 0.25) is 10.0 Å². The molecule has 9 heteroatoms. The smallest absolute Gasteiger partial charge is 0.293 e. The van der Waals surface area contributed by atoms with Gasteiger partial charge in [-0.1, -0.05) is 6.07 Å². The fraction of sp³-hybridized carbons (Fsp3) is 0.368. The molecule has 0 aromatic heterocycles. The van der Waals surface area contributed by atoms with Crippen LogP contribution in [0, 0.1) is 24.0 Å². The second-order valence-electron chi connectivity index (χ2n) is 6.54. The number of ether oxygens (including phenoxy) is 1. The molecule has 0 unspecified atom stereocenters. The van der Waals surface area contributed by atoms with Crippen LogP contribution in [0.2, 0.25) is 0 Å². The van der Waals surface area contributed by atoms with Crippen LogP contribution in [0.5, 0.6) is 5.75 Å². The number of hydrogen-bond acceptors (Lipinski definition) is 6. The number of sulfonamides is 1. The lowest BCUT2D eigenvalue weighted by atomic mass is 10.1. The molecule has 152 valence electrons. The fourth-order valence-electron chi connectivity index (χ4n) is 2.83. The number of aryl methyl sites for hydroxylation is 2. The summed E-state index contributed by atoms with van der Waals surface area (Å²) in [5.41, 5.74) is 2.17. The Morgan fingerprint density at radius 3 is 2.36 bits per heavy atom. The monoisotopic (exact) mass is 407 g/mol. The molecule has 0 aliphatic carbocycles. The highest BCUT2D eigenvalue weighted by Crippen LogP contribution is 2.28. The normalized spacial score (nSPS) is 11.5. The van der Waals surface area contributed by atoms with Crippen LogP contribution in [0.3, 0.4) is 0 Å². The standard InChI is InChI=1S/C19H25N3O5S/c1-14-10-15(2)12-16(11-14)27-9-5-8-21(4)28(25,26)17-6-7-18(20-3)19(13-17)22(23)24/h6-7,10-13,20H,5,8-9H2,1-4H3. The van der Waals surface area contributed by atoms with Crippen molar-refractivity contribution in [2.45, 2.75) is 25.2 Å². The van der Waals surface area contributed by atoms with E-state index in [0.29, 0.717) is 13.0 Å². The maximum absolute atomic E-state index is 12.7. The van der Waals surface area contributed by atoms with E-state index in [4.69, 9.17) is 4.74 Å². The number of rotatable bonds is 9. The highest BCUT2D eigenvalue weighted by Gasteiger charge is 2.24. The maximum atomic E-state index is 12.7. The first-order valence-corrected chi connectivity index (χ1v) is 10.2. The van der Waals surface area contributed by atoms with Gasteiger partial charge >= 0.3 is 0 Å². The zero-order valence-electron chi connectivity index (χ0n) is 16.4. The second-order valence-corrected chi connectivity index (χ2v) is 8.58. The third-order valence-corrected chi connectivity index (χ3v) is 6.08. The van der Waals surface area contributed by atoms with Gasteiger partial charge in [-0.05, 0) is 55.7 Å². The zero-order valence-corrected chi connectivity index (χ0v) is 17.2. The quantitative estimate of drug-likeness (QED) is 0.389. The minimum Gasteiger partial charge on any atom is -0.494 e. The molecule has 1 N–H and O–H groups in total. The van der Waals surface area contributed by atoms with E-state index in [-0.39, 0.29) is 22.8 Å². The van der Waals surface area contributed by atoms with Crippen molar-refractivity contribution in [3.05, 3.63) is 57.6 Å². The van der Waals surface area contributed by atoms with Crippen LogP contribution < -0.4 is 10.1 Å². The van der Waals surface area contributed by atoms with Gasteiger partial charge in [-0.25, -0.2) is 12.7 Å². The molecule has 0 radical (unpaired) electrons. The zero-order chi connectivity index (χ0) is 20.9. The average Bonchev–Trinajstić information content (AvgIpc) is 2.63. The van der Waals surface area contributed by atoms with Gasteiger partial charge in [-0.3, -0.25) is 10.1 Å². The van der Waals surface area contributed by atoms with Crippen LogP contribution in [0.25, 0.3) is 0 Å². The summed E-state index contributed by atoms with van der Waals surface area (Å²) >= 11 is 0. The Morgan fingerprint density at radius 1 is 1.14 bits per heavy atom. The van der Waals surface area contributed by atoms with Crippen LogP contribution in [0.4, 0.5) is 11.4 Å². The predicted octanol–water partition coefficient (Wildman–Crippen LogP) is 3.34. The van der Waals surface area contributed by atoms with Crippen molar-refractivity contribution in [2.75, 3.05) is 32.6 Å². The molecule has 8 nitrogen and oxygen atoms in total. The number of nitro benzene ring substituents is 1. The van der Waals surface area contributed by atoms with Gasteiger partial charge in [-0.15, -0.1) is 0 Å². The predicted molar refractivity (Wildman–Crippen MR) is 108 cm³/mol. The maximum Gasteiger partial charge on any atom is 0.293 e. The number of anilines is 1. The molecule has 0 amide bonds. The molecule has 0 spiro atoms. The van der Waals surface area contributed by atoms with Gasteiger partial charge in [0.15, 0.2) is 0 Å². The Bertz CT molecular complexity index is 940. The molecule has 0 aliphatic rings. The SMILES string of the molecule is CNc1ccc(S(=O)(=O)N(C)CCCOc2cc(C)cc(C)c2)cc1[N+](=O)[O-]. The molecular formula is C19H25N3O5S. The van der Waals surface area contributed by atoms with Crippen molar-refractivity contribution in [3.63, 3.8) is 0 Å². The van der Waals surface area contributed by atoms with Gasteiger partial charge in [0.05, 0.1) is 16.4 Å². The third-order valence-electron chi connectivity index (χ3n) is 4.22. The van der Waals surface area contributed by atoms with E-state index < -0.39 is 14.9 Å². The van der Waals surface area contributed by atoms with E-state index in [9.17, 15) is 18.5 Å². The van der Waals surface area contributed by atoms with Crippen molar-refractivity contribution in [2.24, 2.45) is 0 Å². The van der Waals surface area contributed by atoms with Crippen LogP contribution >= 0.6 is 0 Å². The number of nitrogens with one attached hydrogen (secondary N) is 1. The summed E-state index contributed by atoms with van der Waals surface area (Å²) in [4.78, 5) is 10.4. The summed E-state index contributed by atoms with van der Waals surface area (Å²) in [5, 5.41) is 13.8. The van der Waals surface area contributed by atoms with Crippen molar-refractivity contribution >= 4 is 21.4 Å². The average molecular weight is 407 g/mol. The minimum atomic E-state index is -3.83. The van der Waals surface area contributed by atoms with E-state index in [1.807, 2.05) is 32.0 Å². The lowest BCUT2D eigenvalue weighted by Gasteiger charge is -2.17. The largest absolute Gasteiger partial charge is 0.494 e. The molecule has 0 atom stereocenters. The lowest BCUT2D eigenvalue weighted by molar-refractivity contribution is -0.384. The molecule has 28 heavy (non-hydrogen) atoms. The van der Waals surface area contributed by atoms with Crippen LogP contribution in [0.1, 0.15) is 17.5 Å². The Kier molecular flexibility index (Phi) is 6.98. The molecule has 2 aromatic carbocycles. The van der Waals surface area contributed by atoms with Crippen LogP contribution in [0.15, 0.2) is 41.3 Å². The molecule has 0 heterocycles. The number of benzene rings is 2. The van der Waals surface area contributed by atoms with Crippen LogP contribution in [-0.4, -0.2) is 44.9 Å². The number of nitrogens with zero attached hydrogens (tertiary/aromatic N) is 2. The third kappa shape index (κ3) is 5.20. The molecule has 2 rings (SSSR count). The first kappa shape index (κ1) is 21.6. The Hall–Kier alpha value is -2.65. The number of hydrogen-bond donors (Lipinski definition) is 1. The highest BCUT2D eigenvalue weighted by molar-refractivity contribution is 7.89. The van der Waals surface area contributed by atoms with Crippen molar-refractivity contribution in [3.8, 4) is 5.75 Å². The van der Waals surface area contributed by atoms with E-state index >= 15 is 0 Å². The summed E-state index contributed by atoms with van der Waals surface area (Å²) in [5.74, 6) is 0.751. The Morgan fingerprint density at radius 2 is 1.79 bits per heavy atom. The van der Waals surface area contributed by atoms with E-state index in [2.05, 4.69) is 5.32 Å². The minimum absolute atomic E-state index is 0.115. The van der Waals surface area contributed by atoms with E-state index in [1.54, 1.807) is 7.05 Å². The van der Waals surface area contributed by atoms with Crippen LogP contribution in [-0.2, 0) is 10.0 Å². The first-order chi connectivity index (χ1) is 13.1. The summed E-state index contributed by atoms with van der Waals surface area (Å²) in [6.07, 6.45) is 0.486. The molecule has 2 aromatic rings. The summed E-state index contributed by atoms with van der Waals surface area (Å²) < 4.78 is 32.3. The van der Waals surface area contributed by atoms with Gasteiger partial charge < -0.3 is 10.1 Å². The molecular weight excluding hydrogens is 382 g/mol. The highest BCUT2D eigenvalue weighted by atomic mass is 32.2. The Labute approximate surface area is 165 Å². The summed E-state index contributed by atoms with van der Waals surface area (Å²) in [6.45, 7) is 4.56. The lowest BCUT2D eigenvalue weighted by Crippen LogP contribution is -2.29. The molecule has 0 fully saturated rings. The van der Waals surface area contributed by atoms with E-state index in [0.717, 1.165) is 22.9 Å². The summed E-state index contributed by atoms with van der Waals surface area (Å²) in [7, 11) is -0.845. The van der Waals surface area contributed by atoms with Gasteiger partial charge in [0, 0.05) is 26.7 Å². The van der Waals surface area contributed by atoms with Gasteiger partial charge in [0.1, 0.15) is 11.4 Å². The topological polar surface area (TPSA) is 102 Å².